The number of rotatable bonds is 7. The van der Waals surface area contributed by atoms with Crippen molar-refractivity contribution in [1.82, 2.24) is 4.90 Å². The van der Waals surface area contributed by atoms with Crippen molar-refractivity contribution in [2.75, 3.05) is 31.6 Å². The molecule has 0 radical (unpaired) electrons. The van der Waals surface area contributed by atoms with E-state index in [9.17, 15) is 8.42 Å². The minimum atomic E-state index is -2.86. The normalized spacial score (nSPS) is 18.8. The predicted octanol–water partition coefficient (Wildman–Crippen LogP) is 1.01. The maximum absolute atomic E-state index is 11.2. The average Bonchev–Trinajstić information content (AvgIpc) is 2.29. The Labute approximate surface area is 105 Å². The summed E-state index contributed by atoms with van der Waals surface area (Å²) in [6.07, 6.45) is 8.59. The number of nitrogens with zero attached hydrogens (tertiary/aromatic N) is 1. The molecule has 4 nitrogen and oxygen atoms in total. The van der Waals surface area contributed by atoms with Gasteiger partial charge in [0.25, 0.3) is 0 Å². The van der Waals surface area contributed by atoms with E-state index >= 15 is 0 Å². The Morgan fingerprint density at radius 3 is 2.35 bits per heavy atom. The van der Waals surface area contributed by atoms with E-state index in [1.54, 1.807) is 0 Å². The van der Waals surface area contributed by atoms with Crippen molar-refractivity contribution in [3.05, 3.63) is 0 Å². The summed E-state index contributed by atoms with van der Waals surface area (Å²) >= 11 is 0. The van der Waals surface area contributed by atoms with Gasteiger partial charge in [0.1, 0.15) is 9.84 Å². The largest absolute Gasteiger partial charge is 0.330 e. The maximum atomic E-state index is 11.2. The van der Waals surface area contributed by atoms with Crippen molar-refractivity contribution in [2.24, 2.45) is 5.73 Å². The Balaban J connectivity index is 2.46. The lowest BCUT2D eigenvalue weighted by Gasteiger charge is -2.34. The molecule has 5 heteroatoms. The van der Waals surface area contributed by atoms with E-state index < -0.39 is 9.84 Å². The zero-order valence-electron chi connectivity index (χ0n) is 10.9. The predicted molar refractivity (Wildman–Crippen MR) is 71.8 cm³/mol. The van der Waals surface area contributed by atoms with Crippen molar-refractivity contribution in [2.45, 2.75) is 44.6 Å². The quantitative estimate of drug-likeness (QED) is 0.744. The minimum absolute atomic E-state index is 0.272. The Kier molecular flexibility index (Phi) is 6.44. The summed E-state index contributed by atoms with van der Waals surface area (Å²) in [4.78, 5) is 2.34. The first-order valence-corrected chi connectivity index (χ1v) is 8.71. The fraction of sp³-hybridized carbons (Fsp3) is 1.00. The highest BCUT2D eigenvalue weighted by atomic mass is 32.2. The second kappa shape index (κ2) is 7.34. The lowest BCUT2D eigenvalue weighted by atomic mass is 9.94. The van der Waals surface area contributed by atoms with Crippen LogP contribution >= 0.6 is 0 Å². The van der Waals surface area contributed by atoms with Crippen LogP contribution < -0.4 is 5.73 Å². The molecule has 1 fully saturated rings. The van der Waals surface area contributed by atoms with Gasteiger partial charge in [-0.1, -0.05) is 19.3 Å². The first-order chi connectivity index (χ1) is 8.03. The summed E-state index contributed by atoms with van der Waals surface area (Å²) in [5.41, 5.74) is 5.54. The molecular weight excluding hydrogens is 236 g/mol. The molecule has 0 unspecified atom stereocenters. The van der Waals surface area contributed by atoms with Gasteiger partial charge in [-0.15, -0.1) is 0 Å². The minimum Gasteiger partial charge on any atom is -0.330 e. The van der Waals surface area contributed by atoms with Crippen LogP contribution in [0.15, 0.2) is 0 Å². The van der Waals surface area contributed by atoms with Gasteiger partial charge in [0, 0.05) is 18.8 Å². The highest BCUT2D eigenvalue weighted by Gasteiger charge is 2.21. The molecule has 0 amide bonds. The van der Waals surface area contributed by atoms with Crippen molar-refractivity contribution in [1.29, 1.82) is 0 Å². The second-order valence-corrected chi connectivity index (χ2v) is 7.36. The van der Waals surface area contributed by atoms with Crippen LogP contribution in [0.3, 0.4) is 0 Å². The molecule has 0 aromatic heterocycles. The van der Waals surface area contributed by atoms with E-state index in [2.05, 4.69) is 4.90 Å². The monoisotopic (exact) mass is 262 g/mol. The number of sulfone groups is 1. The lowest BCUT2D eigenvalue weighted by molar-refractivity contribution is 0.164. The molecule has 2 N–H and O–H groups in total. The molecule has 102 valence electrons. The molecular formula is C12H26N2O2S. The zero-order valence-corrected chi connectivity index (χ0v) is 11.7. The van der Waals surface area contributed by atoms with Crippen LogP contribution in [0, 0.1) is 0 Å². The summed E-state index contributed by atoms with van der Waals surface area (Å²) < 4.78 is 22.5. The third kappa shape index (κ3) is 6.38. The Bertz CT molecular complexity index is 298. The van der Waals surface area contributed by atoms with Crippen molar-refractivity contribution >= 4 is 9.84 Å². The molecule has 1 saturated carbocycles. The van der Waals surface area contributed by atoms with Crippen molar-refractivity contribution < 1.29 is 8.42 Å². The molecule has 0 saturated heterocycles. The molecule has 0 spiro atoms. The van der Waals surface area contributed by atoms with E-state index in [4.69, 9.17) is 5.73 Å². The van der Waals surface area contributed by atoms with Gasteiger partial charge in [-0.3, -0.25) is 4.90 Å². The van der Waals surface area contributed by atoms with Crippen LogP contribution in [0.25, 0.3) is 0 Å². The van der Waals surface area contributed by atoms with Gasteiger partial charge >= 0.3 is 0 Å². The third-order valence-electron chi connectivity index (χ3n) is 3.49. The van der Waals surface area contributed by atoms with Gasteiger partial charge in [0.15, 0.2) is 0 Å². The Morgan fingerprint density at radius 1 is 1.18 bits per heavy atom. The number of hydrogen-bond acceptors (Lipinski definition) is 4. The molecule has 0 aliphatic heterocycles. The highest BCUT2D eigenvalue weighted by molar-refractivity contribution is 7.90. The van der Waals surface area contributed by atoms with Crippen LogP contribution in [-0.2, 0) is 9.84 Å². The fourth-order valence-corrected chi connectivity index (χ4v) is 3.07. The summed E-state index contributed by atoms with van der Waals surface area (Å²) in [6.45, 7) is 2.29. The van der Waals surface area contributed by atoms with Gasteiger partial charge in [0.05, 0.1) is 5.75 Å². The van der Waals surface area contributed by atoms with E-state index in [1.165, 1.54) is 38.4 Å². The van der Waals surface area contributed by atoms with Gasteiger partial charge in [-0.2, -0.15) is 0 Å². The zero-order chi connectivity index (χ0) is 12.7. The fourth-order valence-electron chi connectivity index (χ4n) is 2.50. The molecule has 0 heterocycles. The van der Waals surface area contributed by atoms with Gasteiger partial charge in [-0.05, 0) is 32.4 Å². The summed E-state index contributed by atoms with van der Waals surface area (Å²) in [5, 5.41) is 0. The van der Waals surface area contributed by atoms with Crippen LogP contribution in [-0.4, -0.2) is 51.0 Å². The second-order valence-electron chi connectivity index (χ2n) is 5.10. The van der Waals surface area contributed by atoms with Gasteiger partial charge in [0.2, 0.25) is 0 Å². The lowest BCUT2D eigenvalue weighted by Crippen LogP contribution is -2.40. The third-order valence-corrected chi connectivity index (χ3v) is 4.41. The molecule has 0 bridgehead atoms. The molecule has 17 heavy (non-hydrogen) atoms. The number of nitrogens with two attached hydrogens (primary N) is 1. The maximum Gasteiger partial charge on any atom is 0.148 e. The van der Waals surface area contributed by atoms with Crippen LogP contribution in [0.1, 0.15) is 38.5 Å². The topological polar surface area (TPSA) is 63.4 Å². The molecule has 1 aliphatic carbocycles. The number of hydrogen-bond donors (Lipinski definition) is 1. The van der Waals surface area contributed by atoms with E-state index in [-0.39, 0.29) is 5.75 Å². The smallest absolute Gasteiger partial charge is 0.148 e. The summed E-state index contributed by atoms with van der Waals surface area (Å²) in [7, 11) is -2.86. The van der Waals surface area contributed by atoms with Crippen LogP contribution in [0.4, 0.5) is 0 Å². The Hall–Kier alpha value is -0.130. The van der Waals surface area contributed by atoms with Gasteiger partial charge < -0.3 is 5.73 Å². The molecule has 1 rings (SSSR count). The summed E-state index contributed by atoms with van der Waals surface area (Å²) in [6, 6.07) is 0.581. The van der Waals surface area contributed by atoms with Crippen LogP contribution in [0.2, 0.25) is 0 Å². The SMILES string of the molecule is CS(=O)(=O)CCN(CCCN)C1CCCCC1. The standard InChI is InChI=1S/C12H26N2O2S/c1-17(15,16)11-10-14(9-5-8-13)12-6-3-2-4-7-12/h12H,2-11,13H2,1H3. The highest BCUT2D eigenvalue weighted by Crippen LogP contribution is 2.22. The molecule has 0 atom stereocenters. The molecule has 0 aromatic carbocycles. The van der Waals surface area contributed by atoms with Crippen LogP contribution in [0.5, 0.6) is 0 Å². The van der Waals surface area contributed by atoms with Gasteiger partial charge in [-0.25, -0.2) is 8.42 Å². The molecule has 1 aliphatic rings. The first kappa shape index (κ1) is 14.9. The Morgan fingerprint density at radius 2 is 1.82 bits per heavy atom. The summed E-state index contributed by atoms with van der Waals surface area (Å²) in [5.74, 6) is 0.272. The first-order valence-electron chi connectivity index (χ1n) is 6.65. The molecule has 0 aromatic rings. The van der Waals surface area contributed by atoms with E-state index in [0.717, 1.165) is 13.0 Å². The van der Waals surface area contributed by atoms with E-state index in [1.807, 2.05) is 0 Å². The van der Waals surface area contributed by atoms with E-state index in [0.29, 0.717) is 19.1 Å². The van der Waals surface area contributed by atoms with Crippen molar-refractivity contribution in [3.8, 4) is 0 Å². The average molecular weight is 262 g/mol. The van der Waals surface area contributed by atoms with Crippen molar-refractivity contribution in [3.63, 3.8) is 0 Å².